The highest BCUT2D eigenvalue weighted by atomic mass is 16.5. The Balaban J connectivity index is 2.03. The van der Waals surface area contributed by atoms with Gasteiger partial charge in [-0.05, 0) is 40.8 Å². The Morgan fingerprint density at radius 2 is 1.55 bits per heavy atom. The molecule has 0 N–H and O–H groups in total. The normalized spacial score (nSPS) is 11.2. The molecular formula is C18H22O2. The summed E-state index contributed by atoms with van der Waals surface area (Å²) >= 11 is 0. The van der Waals surface area contributed by atoms with Crippen molar-refractivity contribution in [2.45, 2.75) is 32.8 Å². The molecule has 0 unspecified atom stereocenters. The molecule has 0 bridgehead atoms. The minimum Gasteiger partial charge on any atom is -0.497 e. The number of benzene rings is 2. The highest BCUT2D eigenvalue weighted by Crippen LogP contribution is 2.24. The Bertz CT molecular complexity index is 550. The molecule has 2 aromatic rings. The molecule has 20 heavy (non-hydrogen) atoms. The zero-order valence-corrected chi connectivity index (χ0v) is 12.6. The van der Waals surface area contributed by atoms with Crippen molar-refractivity contribution in [3.63, 3.8) is 0 Å². The molecule has 0 aliphatic heterocycles. The molecule has 0 amide bonds. The van der Waals surface area contributed by atoms with E-state index in [0.717, 1.165) is 11.5 Å². The summed E-state index contributed by atoms with van der Waals surface area (Å²) in [5.74, 6) is 1.69. The summed E-state index contributed by atoms with van der Waals surface area (Å²) in [7, 11) is 1.66. The van der Waals surface area contributed by atoms with E-state index in [1.54, 1.807) is 7.11 Å². The van der Waals surface area contributed by atoms with Crippen LogP contribution in [0.25, 0.3) is 0 Å². The van der Waals surface area contributed by atoms with Gasteiger partial charge in [0.25, 0.3) is 0 Å². The molecule has 2 aromatic carbocycles. The summed E-state index contributed by atoms with van der Waals surface area (Å²) in [5.41, 5.74) is 2.68. The Morgan fingerprint density at radius 3 is 2.15 bits per heavy atom. The van der Waals surface area contributed by atoms with Crippen LogP contribution in [0.4, 0.5) is 0 Å². The summed E-state index contributed by atoms with van der Waals surface area (Å²) < 4.78 is 10.9. The third kappa shape index (κ3) is 3.77. The first kappa shape index (κ1) is 14.4. The Hall–Kier alpha value is -1.96. The van der Waals surface area contributed by atoms with Crippen LogP contribution in [0.1, 0.15) is 31.9 Å². The maximum absolute atomic E-state index is 5.80. The first-order valence-corrected chi connectivity index (χ1v) is 6.85. The molecule has 0 radical (unpaired) electrons. The maximum Gasteiger partial charge on any atom is 0.120 e. The second-order valence-electron chi connectivity index (χ2n) is 5.91. The van der Waals surface area contributed by atoms with E-state index in [0.29, 0.717) is 6.61 Å². The average Bonchev–Trinajstić information content (AvgIpc) is 2.45. The van der Waals surface area contributed by atoms with Crippen LogP contribution in [0, 0.1) is 0 Å². The molecule has 2 heteroatoms. The lowest BCUT2D eigenvalue weighted by atomic mass is 9.86. The monoisotopic (exact) mass is 270 g/mol. The highest BCUT2D eigenvalue weighted by Gasteiger charge is 2.13. The highest BCUT2D eigenvalue weighted by molar-refractivity contribution is 5.32. The van der Waals surface area contributed by atoms with Gasteiger partial charge in [-0.1, -0.05) is 45.0 Å². The van der Waals surface area contributed by atoms with Crippen LogP contribution < -0.4 is 9.47 Å². The Kier molecular flexibility index (Phi) is 4.33. The van der Waals surface area contributed by atoms with Crippen molar-refractivity contribution < 1.29 is 9.47 Å². The lowest BCUT2D eigenvalue weighted by Crippen LogP contribution is -2.11. The largest absolute Gasteiger partial charge is 0.497 e. The zero-order valence-electron chi connectivity index (χ0n) is 12.6. The molecule has 2 nitrogen and oxygen atoms in total. The van der Waals surface area contributed by atoms with Gasteiger partial charge in [-0.15, -0.1) is 0 Å². The molecule has 0 aromatic heterocycles. The molecule has 2 rings (SSSR count). The van der Waals surface area contributed by atoms with Crippen molar-refractivity contribution in [2.75, 3.05) is 7.11 Å². The summed E-state index contributed by atoms with van der Waals surface area (Å²) in [5, 5.41) is 0. The molecule has 0 heterocycles. The molecule has 0 saturated carbocycles. The van der Waals surface area contributed by atoms with Gasteiger partial charge in [0, 0.05) is 0 Å². The van der Waals surface area contributed by atoms with Gasteiger partial charge in [-0.2, -0.15) is 0 Å². The fourth-order valence-electron chi connectivity index (χ4n) is 1.97. The fourth-order valence-corrected chi connectivity index (χ4v) is 1.97. The van der Waals surface area contributed by atoms with Gasteiger partial charge in [0.05, 0.1) is 7.11 Å². The number of rotatable bonds is 4. The topological polar surface area (TPSA) is 18.5 Å². The summed E-state index contributed by atoms with van der Waals surface area (Å²) in [4.78, 5) is 0. The van der Waals surface area contributed by atoms with Crippen molar-refractivity contribution in [3.05, 3.63) is 59.7 Å². The Labute approximate surface area is 121 Å². The Morgan fingerprint density at radius 1 is 0.900 bits per heavy atom. The van der Waals surface area contributed by atoms with Crippen LogP contribution >= 0.6 is 0 Å². The molecule has 106 valence electrons. The molecule has 0 saturated heterocycles. The van der Waals surface area contributed by atoms with Gasteiger partial charge < -0.3 is 9.47 Å². The van der Waals surface area contributed by atoms with Crippen LogP contribution in [0.3, 0.4) is 0 Å². The number of ether oxygens (including phenoxy) is 2. The fraction of sp³-hybridized carbons (Fsp3) is 0.333. The second kappa shape index (κ2) is 6.00. The van der Waals surface area contributed by atoms with E-state index in [2.05, 4.69) is 45.0 Å². The minimum atomic E-state index is 0.163. The van der Waals surface area contributed by atoms with E-state index >= 15 is 0 Å². The van der Waals surface area contributed by atoms with E-state index in [1.165, 1.54) is 11.1 Å². The smallest absolute Gasteiger partial charge is 0.120 e. The van der Waals surface area contributed by atoms with E-state index < -0.39 is 0 Å². The summed E-state index contributed by atoms with van der Waals surface area (Å²) in [6.45, 7) is 7.24. The van der Waals surface area contributed by atoms with Crippen LogP contribution in [0.5, 0.6) is 11.5 Å². The predicted octanol–water partition coefficient (Wildman–Crippen LogP) is 4.57. The van der Waals surface area contributed by atoms with Gasteiger partial charge in [-0.3, -0.25) is 0 Å². The lowest BCUT2D eigenvalue weighted by Gasteiger charge is -2.19. The van der Waals surface area contributed by atoms with Crippen molar-refractivity contribution in [1.29, 1.82) is 0 Å². The predicted molar refractivity (Wildman–Crippen MR) is 82.5 cm³/mol. The third-order valence-electron chi connectivity index (χ3n) is 3.26. The van der Waals surface area contributed by atoms with E-state index in [-0.39, 0.29) is 5.41 Å². The van der Waals surface area contributed by atoms with Crippen molar-refractivity contribution in [3.8, 4) is 11.5 Å². The van der Waals surface area contributed by atoms with Gasteiger partial charge >= 0.3 is 0 Å². The quantitative estimate of drug-likeness (QED) is 0.810. The summed E-state index contributed by atoms with van der Waals surface area (Å²) in [6, 6.07) is 16.2. The number of methoxy groups -OCH3 is 1. The first-order valence-electron chi connectivity index (χ1n) is 6.85. The van der Waals surface area contributed by atoms with Gasteiger partial charge in [-0.25, -0.2) is 0 Å². The van der Waals surface area contributed by atoms with Gasteiger partial charge in [0.15, 0.2) is 0 Å². The first-order chi connectivity index (χ1) is 9.49. The maximum atomic E-state index is 5.80. The SMILES string of the molecule is COc1ccc(OCc2cccc(C(C)(C)C)c2)cc1. The number of hydrogen-bond donors (Lipinski definition) is 0. The second-order valence-corrected chi connectivity index (χ2v) is 5.91. The number of hydrogen-bond acceptors (Lipinski definition) is 2. The van der Waals surface area contributed by atoms with Crippen molar-refractivity contribution in [2.24, 2.45) is 0 Å². The molecule has 0 aliphatic carbocycles. The van der Waals surface area contributed by atoms with Crippen molar-refractivity contribution >= 4 is 0 Å². The van der Waals surface area contributed by atoms with E-state index in [1.807, 2.05) is 24.3 Å². The van der Waals surface area contributed by atoms with Crippen LogP contribution in [0.2, 0.25) is 0 Å². The average molecular weight is 270 g/mol. The third-order valence-corrected chi connectivity index (χ3v) is 3.26. The van der Waals surface area contributed by atoms with E-state index in [9.17, 15) is 0 Å². The van der Waals surface area contributed by atoms with Gasteiger partial charge in [0.1, 0.15) is 18.1 Å². The summed E-state index contributed by atoms with van der Waals surface area (Å²) in [6.07, 6.45) is 0. The molecule has 0 spiro atoms. The molecular weight excluding hydrogens is 248 g/mol. The lowest BCUT2D eigenvalue weighted by molar-refractivity contribution is 0.305. The molecule has 0 atom stereocenters. The molecule has 0 fully saturated rings. The zero-order chi connectivity index (χ0) is 14.6. The van der Waals surface area contributed by atoms with Crippen LogP contribution in [-0.2, 0) is 12.0 Å². The minimum absolute atomic E-state index is 0.163. The standard InChI is InChI=1S/C18H22O2/c1-18(2,3)15-7-5-6-14(12-15)13-20-17-10-8-16(19-4)9-11-17/h5-12H,13H2,1-4H3. The van der Waals surface area contributed by atoms with Crippen LogP contribution in [0.15, 0.2) is 48.5 Å². The van der Waals surface area contributed by atoms with Crippen LogP contribution in [-0.4, -0.2) is 7.11 Å². The molecule has 0 aliphatic rings. The van der Waals surface area contributed by atoms with E-state index in [4.69, 9.17) is 9.47 Å². The van der Waals surface area contributed by atoms with Gasteiger partial charge in [0.2, 0.25) is 0 Å². The van der Waals surface area contributed by atoms with Crippen molar-refractivity contribution in [1.82, 2.24) is 0 Å².